The van der Waals surface area contributed by atoms with Crippen LogP contribution in [0.25, 0.3) is 0 Å². The first kappa shape index (κ1) is 18.0. The number of carbonyl (C=O) groups is 1. The van der Waals surface area contributed by atoms with E-state index in [2.05, 4.69) is 0 Å². The first-order valence-electron chi connectivity index (χ1n) is 6.47. The molecule has 0 spiro atoms. The van der Waals surface area contributed by atoms with Crippen LogP contribution in [0.4, 0.5) is 18.9 Å². The average molecular weight is 453 g/mol. The van der Waals surface area contributed by atoms with Crippen molar-refractivity contribution in [1.29, 1.82) is 0 Å². The van der Waals surface area contributed by atoms with E-state index in [1.165, 1.54) is 12.1 Å². The molecule has 0 aliphatic carbocycles. The summed E-state index contributed by atoms with van der Waals surface area (Å²) in [6, 6.07) is 6.15. The van der Waals surface area contributed by atoms with Gasteiger partial charge in [-0.3, -0.25) is 4.79 Å². The van der Waals surface area contributed by atoms with Gasteiger partial charge in [0, 0.05) is 16.6 Å². The summed E-state index contributed by atoms with van der Waals surface area (Å²) in [4.78, 5) is 11.8. The zero-order valence-electron chi connectivity index (χ0n) is 11.7. The lowest BCUT2D eigenvalue weighted by Crippen LogP contribution is -2.16. The molecule has 8 heteroatoms. The van der Waals surface area contributed by atoms with Crippen molar-refractivity contribution < 1.29 is 22.7 Å². The van der Waals surface area contributed by atoms with Crippen molar-refractivity contribution in [2.75, 3.05) is 5.73 Å². The van der Waals surface area contributed by atoms with Crippen LogP contribution in [0.2, 0.25) is 0 Å². The zero-order valence-corrected chi connectivity index (χ0v) is 15.0. The molecule has 3 nitrogen and oxygen atoms in total. The minimum Gasteiger partial charge on any atom is -0.427 e. The third kappa shape index (κ3) is 4.14. The summed E-state index contributed by atoms with van der Waals surface area (Å²) in [7, 11) is 1.82. The molecule has 0 bridgehead atoms. The molecular weight excluding hydrogens is 441 g/mol. The van der Waals surface area contributed by atoms with E-state index in [0.717, 1.165) is 0 Å². The molecule has 0 heterocycles. The average Bonchev–Trinajstić information content (AvgIpc) is 2.53. The maximum absolute atomic E-state index is 13.9. The number of rotatable bonds is 4. The molecule has 0 aromatic heterocycles. The van der Waals surface area contributed by atoms with Crippen LogP contribution in [0, 0.1) is 21.0 Å². The highest BCUT2D eigenvalue weighted by Crippen LogP contribution is 2.24. The number of ether oxygens (including phenoxy) is 1. The molecule has 1 atom stereocenters. The Kier molecular flexibility index (Phi) is 5.86. The van der Waals surface area contributed by atoms with Crippen LogP contribution in [0.15, 0.2) is 24.3 Å². The van der Waals surface area contributed by atoms with Crippen LogP contribution in [0.1, 0.15) is 12.0 Å². The highest BCUT2D eigenvalue weighted by molar-refractivity contribution is 14.1. The van der Waals surface area contributed by atoms with Crippen LogP contribution >= 0.6 is 31.8 Å². The first-order chi connectivity index (χ1) is 10.8. The van der Waals surface area contributed by atoms with E-state index in [1.54, 1.807) is 34.7 Å². The third-order valence-corrected chi connectivity index (χ3v) is 4.71. The van der Waals surface area contributed by atoms with E-state index >= 15 is 0 Å². The fourth-order valence-electron chi connectivity index (χ4n) is 1.86. The lowest BCUT2D eigenvalue weighted by molar-refractivity contribution is -0.134. The van der Waals surface area contributed by atoms with Gasteiger partial charge in [0.05, 0.1) is 9.99 Å². The van der Waals surface area contributed by atoms with Crippen molar-refractivity contribution >= 4 is 48.8 Å². The van der Waals surface area contributed by atoms with Gasteiger partial charge in [-0.2, -0.15) is 0 Å². The Morgan fingerprint density at radius 1 is 1.13 bits per heavy atom. The number of benzene rings is 2. The van der Waals surface area contributed by atoms with Gasteiger partial charge in [-0.05, 0) is 53.3 Å². The molecule has 0 aliphatic rings. The molecule has 1 unspecified atom stereocenters. The van der Waals surface area contributed by atoms with Crippen LogP contribution in [0.5, 0.6) is 5.75 Å². The topological polar surface area (TPSA) is 52.3 Å². The van der Waals surface area contributed by atoms with Crippen molar-refractivity contribution in [3.05, 3.63) is 50.9 Å². The van der Waals surface area contributed by atoms with Gasteiger partial charge < -0.3 is 10.5 Å². The molecule has 122 valence electrons. The summed E-state index contributed by atoms with van der Waals surface area (Å²) >= 11 is 1.59. The van der Waals surface area contributed by atoms with E-state index < -0.39 is 28.7 Å². The second-order valence-corrected chi connectivity index (χ2v) is 6.35. The second-order valence-electron chi connectivity index (χ2n) is 4.69. The molecule has 2 aromatic carbocycles. The van der Waals surface area contributed by atoms with Gasteiger partial charge in [-0.1, -0.05) is 9.24 Å². The van der Waals surface area contributed by atoms with Crippen LogP contribution in [0.3, 0.4) is 0 Å². The van der Waals surface area contributed by atoms with E-state index in [9.17, 15) is 18.0 Å². The maximum Gasteiger partial charge on any atom is 0.311 e. The van der Waals surface area contributed by atoms with E-state index in [1.807, 2.05) is 9.24 Å². The summed E-state index contributed by atoms with van der Waals surface area (Å²) in [6.45, 7) is 0. The summed E-state index contributed by atoms with van der Waals surface area (Å²) in [6.07, 6.45) is -0.386. The highest BCUT2D eigenvalue weighted by atomic mass is 127. The van der Waals surface area contributed by atoms with Crippen LogP contribution in [-0.4, -0.2) is 5.97 Å². The zero-order chi connectivity index (χ0) is 17.1. The quantitative estimate of drug-likeness (QED) is 0.193. The van der Waals surface area contributed by atoms with Crippen LogP contribution < -0.4 is 15.8 Å². The van der Waals surface area contributed by atoms with Gasteiger partial charge in [0.1, 0.15) is 11.6 Å². The Hall–Kier alpha value is -1.34. The van der Waals surface area contributed by atoms with Crippen molar-refractivity contribution in [1.82, 2.24) is 0 Å². The van der Waals surface area contributed by atoms with Gasteiger partial charge in [-0.25, -0.2) is 13.2 Å². The number of hydrogen-bond donors (Lipinski definition) is 1. The Morgan fingerprint density at radius 2 is 1.74 bits per heavy atom. The number of esters is 1. The third-order valence-electron chi connectivity index (χ3n) is 3.08. The largest absolute Gasteiger partial charge is 0.427 e. The predicted octanol–water partition coefficient (Wildman–Crippen LogP) is 3.33. The van der Waals surface area contributed by atoms with Crippen molar-refractivity contribution in [3.8, 4) is 5.75 Å². The number of anilines is 1. The summed E-state index contributed by atoms with van der Waals surface area (Å²) < 4.78 is 46.2. The smallest absolute Gasteiger partial charge is 0.311 e. The second kappa shape index (κ2) is 7.49. The summed E-state index contributed by atoms with van der Waals surface area (Å²) in [5, 5.41) is -0.458. The Bertz CT molecular complexity index is 724. The number of halogens is 4. The van der Waals surface area contributed by atoms with Gasteiger partial charge >= 0.3 is 5.97 Å². The van der Waals surface area contributed by atoms with Gasteiger partial charge in [0.25, 0.3) is 0 Å². The first-order valence-corrected chi connectivity index (χ1v) is 8.13. The molecule has 2 N–H and O–H groups in total. The van der Waals surface area contributed by atoms with E-state index in [4.69, 9.17) is 10.5 Å². The van der Waals surface area contributed by atoms with Gasteiger partial charge in [0.2, 0.25) is 0 Å². The fourth-order valence-corrected chi connectivity index (χ4v) is 3.22. The molecule has 0 saturated carbocycles. The Morgan fingerprint density at radius 3 is 2.35 bits per heavy atom. The standard InChI is InChI=1S/C15H12F3INO2P/c16-11-9(14(19)13(18)15(23)12(11)17)5-6-10(21)22-8-3-1-7(20)2-4-8/h1-4H,5-6,20,23H2. The minimum atomic E-state index is -1.27. The molecule has 0 saturated heterocycles. The monoisotopic (exact) mass is 453 g/mol. The van der Waals surface area contributed by atoms with Crippen LogP contribution in [-0.2, 0) is 11.2 Å². The van der Waals surface area contributed by atoms with Crippen molar-refractivity contribution in [3.63, 3.8) is 0 Å². The molecule has 2 aromatic rings. The lowest BCUT2D eigenvalue weighted by Gasteiger charge is -2.11. The number of nitrogen functional groups attached to an aromatic ring is 1. The Labute approximate surface area is 146 Å². The molecule has 0 aliphatic heterocycles. The van der Waals surface area contributed by atoms with E-state index in [-0.39, 0.29) is 27.7 Å². The van der Waals surface area contributed by atoms with Crippen molar-refractivity contribution in [2.24, 2.45) is 0 Å². The van der Waals surface area contributed by atoms with Gasteiger partial charge in [0.15, 0.2) is 11.6 Å². The molecule has 0 fully saturated rings. The van der Waals surface area contributed by atoms with Gasteiger partial charge in [-0.15, -0.1) is 0 Å². The highest BCUT2D eigenvalue weighted by Gasteiger charge is 2.22. The fraction of sp³-hybridized carbons (Fsp3) is 0.133. The molecular formula is C15H12F3INO2P. The molecule has 0 radical (unpaired) electrons. The molecule has 0 amide bonds. The number of nitrogens with two attached hydrogens (primary N) is 1. The lowest BCUT2D eigenvalue weighted by atomic mass is 10.1. The van der Waals surface area contributed by atoms with E-state index in [0.29, 0.717) is 5.69 Å². The summed E-state index contributed by atoms with van der Waals surface area (Å²) in [5.41, 5.74) is 5.85. The maximum atomic E-state index is 13.9. The van der Waals surface area contributed by atoms with Crippen molar-refractivity contribution in [2.45, 2.75) is 12.8 Å². The Balaban J connectivity index is 2.09. The number of hydrogen-bond acceptors (Lipinski definition) is 3. The normalized spacial score (nSPS) is 10.7. The number of carbonyl (C=O) groups excluding carboxylic acids is 1. The molecule has 23 heavy (non-hydrogen) atoms. The summed E-state index contributed by atoms with van der Waals surface area (Å²) in [5.74, 6) is -3.62. The predicted molar refractivity (Wildman–Crippen MR) is 93.2 cm³/mol. The molecule has 2 rings (SSSR count). The minimum absolute atomic E-state index is 0.0493. The SMILES string of the molecule is Nc1ccc(OC(=O)CCc2c(F)c(F)c(P)c(F)c2I)cc1.